The van der Waals surface area contributed by atoms with Crippen molar-refractivity contribution >= 4 is 34.1 Å². The van der Waals surface area contributed by atoms with Crippen molar-refractivity contribution in [3.05, 3.63) is 70.4 Å². The fourth-order valence-corrected chi connectivity index (χ4v) is 5.20. The SMILES string of the molecule is Cc1ccc(-c2csc(NC(=O)CSc3nnc(C(C)Oc4ccc(C(C)(C)C)cc4)n3C)n2)cc1C. The molecule has 7 nitrogen and oxygen atoms in total. The van der Waals surface area contributed by atoms with E-state index in [9.17, 15) is 4.79 Å². The van der Waals surface area contributed by atoms with Gasteiger partial charge in [0.05, 0.1) is 11.4 Å². The van der Waals surface area contributed by atoms with Crippen molar-refractivity contribution in [1.82, 2.24) is 19.7 Å². The molecular formula is C28H33N5O2S2. The number of hydrogen-bond acceptors (Lipinski definition) is 7. The van der Waals surface area contributed by atoms with Gasteiger partial charge in [-0.2, -0.15) is 0 Å². The van der Waals surface area contributed by atoms with Crippen LogP contribution < -0.4 is 10.1 Å². The Morgan fingerprint density at radius 1 is 1.11 bits per heavy atom. The van der Waals surface area contributed by atoms with Gasteiger partial charge in [0.1, 0.15) is 5.75 Å². The molecule has 1 unspecified atom stereocenters. The number of amides is 1. The van der Waals surface area contributed by atoms with Crippen LogP contribution in [0, 0.1) is 13.8 Å². The minimum absolute atomic E-state index is 0.0915. The van der Waals surface area contributed by atoms with Crippen molar-refractivity contribution in [2.45, 2.75) is 58.2 Å². The van der Waals surface area contributed by atoms with E-state index in [-0.39, 0.29) is 23.2 Å². The lowest BCUT2D eigenvalue weighted by molar-refractivity contribution is -0.113. The van der Waals surface area contributed by atoms with Gasteiger partial charge in [0.25, 0.3) is 0 Å². The van der Waals surface area contributed by atoms with E-state index < -0.39 is 0 Å². The van der Waals surface area contributed by atoms with Crippen LogP contribution in [0.25, 0.3) is 11.3 Å². The van der Waals surface area contributed by atoms with Crippen molar-refractivity contribution in [2.24, 2.45) is 7.05 Å². The third kappa shape index (κ3) is 6.59. The summed E-state index contributed by atoms with van der Waals surface area (Å²) in [7, 11) is 1.88. The highest BCUT2D eigenvalue weighted by atomic mass is 32.2. The molecule has 9 heteroatoms. The predicted molar refractivity (Wildman–Crippen MR) is 152 cm³/mol. The molecule has 0 aliphatic rings. The first kappa shape index (κ1) is 26.9. The number of thiazole rings is 1. The van der Waals surface area contributed by atoms with Gasteiger partial charge >= 0.3 is 0 Å². The molecule has 37 heavy (non-hydrogen) atoms. The Hall–Kier alpha value is -3.17. The monoisotopic (exact) mass is 535 g/mol. The average Bonchev–Trinajstić information content (AvgIpc) is 3.45. The highest BCUT2D eigenvalue weighted by Gasteiger charge is 2.19. The molecule has 4 rings (SSSR count). The van der Waals surface area contributed by atoms with E-state index in [1.54, 1.807) is 0 Å². The summed E-state index contributed by atoms with van der Waals surface area (Å²) in [6, 6.07) is 14.4. The molecule has 0 aliphatic carbocycles. The van der Waals surface area contributed by atoms with E-state index in [1.165, 1.54) is 39.8 Å². The second-order valence-electron chi connectivity index (χ2n) is 10.1. The lowest BCUT2D eigenvalue weighted by Crippen LogP contribution is -2.14. The second kappa shape index (κ2) is 11.1. The molecule has 194 valence electrons. The highest BCUT2D eigenvalue weighted by molar-refractivity contribution is 7.99. The van der Waals surface area contributed by atoms with Gasteiger partial charge in [-0.3, -0.25) is 4.79 Å². The summed E-state index contributed by atoms with van der Waals surface area (Å²) >= 11 is 2.75. The van der Waals surface area contributed by atoms with Crippen LogP contribution in [0.2, 0.25) is 0 Å². The molecule has 0 aliphatic heterocycles. The minimum Gasteiger partial charge on any atom is -0.483 e. The second-order valence-corrected chi connectivity index (χ2v) is 11.9. The number of aromatic nitrogens is 4. The first-order chi connectivity index (χ1) is 17.5. The molecule has 1 amide bonds. The number of rotatable bonds is 8. The van der Waals surface area contributed by atoms with Gasteiger partial charge in [0, 0.05) is 18.0 Å². The summed E-state index contributed by atoms with van der Waals surface area (Å²) in [6.45, 7) is 12.7. The maximum absolute atomic E-state index is 12.6. The van der Waals surface area contributed by atoms with E-state index in [0.29, 0.717) is 16.1 Å². The minimum atomic E-state index is -0.291. The fourth-order valence-electron chi connectivity index (χ4n) is 3.75. The van der Waals surface area contributed by atoms with Gasteiger partial charge in [-0.05, 0) is 61.1 Å². The van der Waals surface area contributed by atoms with Crippen molar-refractivity contribution in [2.75, 3.05) is 11.1 Å². The van der Waals surface area contributed by atoms with Gasteiger partial charge in [-0.25, -0.2) is 4.98 Å². The van der Waals surface area contributed by atoms with E-state index in [1.807, 2.05) is 36.1 Å². The number of aryl methyl sites for hydroxylation is 2. The van der Waals surface area contributed by atoms with Crippen LogP contribution in [0.15, 0.2) is 53.0 Å². The van der Waals surface area contributed by atoms with Crippen molar-refractivity contribution in [3.8, 4) is 17.0 Å². The van der Waals surface area contributed by atoms with Crippen molar-refractivity contribution in [1.29, 1.82) is 0 Å². The van der Waals surface area contributed by atoms with Crippen LogP contribution >= 0.6 is 23.1 Å². The molecule has 0 fully saturated rings. The largest absolute Gasteiger partial charge is 0.483 e. The normalized spacial score (nSPS) is 12.4. The predicted octanol–water partition coefficient (Wildman–Crippen LogP) is 6.72. The lowest BCUT2D eigenvalue weighted by atomic mass is 9.87. The van der Waals surface area contributed by atoms with Gasteiger partial charge in [0.15, 0.2) is 22.2 Å². The number of anilines is 1. The zero-order chi connectivity index (χ0) is 26.7. The zero-order valence-electron chi connectivity index (χ0n) is 22.3. The van der Waals surface area contributed by atoms with Crippen LogP contribution in [0.5, 0.6) is 5.75 Å². The van der Waals surface area contributed by atoms with Gasteiger partial charge in [0.2, 0.25) is 5.91 Å². The molecule has 1 atom stereocenters. The van der Waals surface area contributed by atoms with Gasteiger partial charge < -0.3 is 14.6 Å². The van der Waals surface area contributed by atoms with Crippen LogP contribution in [0.1, 0.15) is 56.3 Å². The third-order valence-electron chi connectivity index (χ3n) is 6.15. The molecule has 0 saturated carbocycles. The molecule has 2 heterocycles. The number of thioether (sulfide) groups is 1. The summed E-state index contributed by atoms with van der Waals surface area (Å²) < 4.78 is 7.97. The van der Waals surface area contributed by atoms with E-state index in [4.69, 9.17) is 4.74 Å². The topological polar surface area (TPSA) is 81.9 Å². The maximum atomic E-state index is 12.6. The van der Waals surface area contributed by atoms with Crippen LogP contribution in [-0.2, 0) is 17.3 Å². The zero-order valence-corrected chi connectivity index (χ0v) is 24.0. The summed E-state index contributed by atoms with van der Waals surface area (Å²) in [5, 5.41) is 14.7. The Morgan fingerprint density at radius 3 is 2.51 bits per heavy atom. The number of hydrogen-bond donors (Lipinski definition) is 1. The van der Waals surface area contributed by atoms with Gasteiger partial charge in [-0.15, -0.1) is 21.5 Å². The summed E-state index contributed by atoms with van der Waals surface area (Å²) in [5.74, 6) is 1.54. The highest BCUT2D eigenvalue weighted by Crippen LogP contribution is 2.29. The molecule has 0 saturated heterocycles. The number of ether oxygens (including phenoxy) is 1. The Bertz CT molecular complexity index is 1390. The summed E-state index contributed by atoms with van der Waals surface area (Å²) in [6.07, 6.45) is -0.291. The molecule has 0 radical (unpaired) electrons. The van der Waals surface area contributed by atoms with E-state index >= 15 is 0 Å². The molecular weight excluding hydrogens is 502 g/mol. The Labute approximate surface area is 226 Å². The molecule has 2 aromatic carbocycles. The van der Waals surface area contributed by atoms with E-state index in [2.05, 4.69) is 85.4 Å². The average molecular weight is 536 g/mol. The van der Waals surface area contributed by atoms with Gasteiger partial charge in [-0.1, -0.05) is 56.8 Å². The van der Waals surface area contributed by atoms with Crippen LogP contribution in [0.3, 0.4) is 0 Å². The first-order valence-corrected chi connectivity index (χ1v) is 14.0. The van der Waals surface area contributed by atoms with Crippen LogP contribution in [0.4, 0.5) is 5.13 Å². The van der Waals surface area contributed by atoms with Crippen molar-refractivity contribution < 1.29 is 9.53 Å². The molecule has 0 bridgehead atoms. The standard InChI is InChI=1S/C28H33N5O2S2/c1-17-8-9-20(14-18(17)2)23-15-36-26(29-23)30-24(34)16-37-27-32-31-25(33(27)7)19(3)35-22-12-10-21(11-13-22)28(4,5)6/h8-15,19H,16H2,1-7H3,(H,29,30,34). The van der Waals surface area contributed by atoms with Crippen molar-refractivity contribution in [3.63, 3.8) is 0 Å². The number of nitrogens with one attached hydrogen (secondary N) is 1. The fraction of sp³-hybridized carbons (Fsp3) is 0.357. The summed E-state index contributed by atoms with van der Waals surface area (Å²) in [4.78, 5) is 17.2. The lowest BCUT2D eigenvalue weighted by Gasteiger charge is -2.20. The maximum Gasteiger partial charge on any atom is 0.236 e. The smallest absolute Gasteiger partial charge is 0.236 e. The number of nitrogens with zero attached hydrogens (tertiary/aromatic N) is 4. The molecule has 1 N–H and O–H groups in total. The Balaban J connectivity index is 1.32. The molecule has 2 aromatic heterocycles. The number of carbonyl (C=O) groups is 1. The number of benzene rings is 2. The molecule has 0 spiro atoms. The van der Waals surface area contributed by atoms with Crippen LogP contribution in [-0.4, -0.2) is 31.4 Å². The Kier molecular flexibility index (Phi) is 8.04. The quantitative estimate of drug-likeness (QED) is 0.252. The Morgan fingerprint density at radius 2 is 1.84 bits per heavy atom. The number of carbonyl (C=O) groups excluding carboxylic acids is 1. The van der Waals surface area contributed by atoms with E-state index in [0.717, 1.165) is 17.0 Å². The first-order valence-electron chi connectivity index (χ1n) is 12.1. The molecule has 4 aromatic rings. The third-order valence-corrected chi connectivity index (χ3v) is 7.93. The summed E-state index contributed by atoms with van der Waals surface area (Å²) in [5.41, 5.74) is 5.70.